The highest BCUT2D eigenvalue weighted by molar-refractivity contribution is 5.87. The maximum Gasteiger partial charge on any atom is 0.401 e. The van der Waals surface area contributed by atoms with Gasteiger partial charge in [-0.15, -0.1) is 0 Å². The van der Waals surface area contributed by atoms with Gasteiger partial charge in [0.15, 0.2) is 0 Å². The second-order valence-corrected chi connectivity index (χ2v) is 8.70. The lowest BCUT2D eigenvalue weighted by molar-refractivity contribution is -0.174. The molecule has 31 heavy (non-hydrogen) atoms. The molecule has 2 fully saturated rings. The zero-order chi connectivity index (χ0) is 23.6. The number of nitrogens with zero attached hydrogens (tertiary/aromatic N) is 4. The molecule has 0 saturated carbocycles. The van der Waals surface area contributed by atoms with E-state index in [1.807, 2.05) is 0 Å². The van der Waals surface area contributed by atoms with Crippen molar-refractivity contribution in [1.82, 2.24) is 19.6 Å². The van der Waals surface area contributed by atoms with Crippen molar-refractivity contribution in [3.8, 4) is 0 Å². The van der Waals surface area contributed by atoms with Gasteiger partial charge in [-0.2, -0.15) is 13.2 Å². The summed E-state index contributed by atoms with van der Waals surface area (Å²) in [5.74, 6) is -1.10. The molecule has 0 aromatic heterocycles. The maximum atomic E-state index is 13.2. The molecule has 4 amide bonds. The number of primary amides is 1. The minimum absolute atomic E-state index is 0.101. The summed E-state index contributed by atoms with van der Waals surface area (Å²) >= 11 is 0. The van der Waals surface area contributed by atoms with Crippen molar-refractivity contribution in [2.24, 2.45) is 11.7 Å². The van der Waals surface area contributed by atoms with Crippen LogP contribution in [0.5, 0.6) is 0 Å². The number of likely N-dealkylation sites (tertiary alicyclic amines) is 1. The Hall–Kier alpha value is -2.30. The number of piperazine rings is 1. The van der Waals surface area contributed by atoms with Gasteiger partial charge in [0.25, 0.3) is 0 Å². The first-order chi connectivity index (χ1) is 14.3. The molecular weight excluding hydrogens is 415 g/mol. The van der Waals surface area contributed by atoms with E-state index in [-0.39, 0.29) is 63.4 Å². The normalized spacial score (nSPS) is 20.6. The molecule has 0 bridgehead atoms. The van der Waals surface area contributed by atoms with Crippen molar-refractivity contribution < 1.29 is 27.6 Å². The van der Waals surface area contributed by atoms with Crippen LogP contribution in [0.15, 0.2) is 12.7 Å². The lowest BCUT2D eigenvalue weighted by Crippen LogP contribution is -2.68. The fourth-order valence-corrected chi connectivity index (χ4v) is 4.69. The van der Waals surface area contributed by atoms with E-state index in [1.54, 1.807) is 13.8 Å². The molecule has 2 rings (SSSR count). The molecule has 0 unspecified atom stereocenters. The summed E-state index contributed by atoms with van der Waals surface area (Å²) < 4.78 is 39.6. The molecule has 2 heterocycles. The number of piperidine rings is 1. The zero-order valence-electron chi connectivity index (χ0n) is 18.3. The first-order valence-corrected chi connectivity index (χ1v) is 10.4. The Kier molecular flexibility index (Phi) is 7.61. The highest BCUT2D eigenvalue weighted by atomic mass is 19.4. The quantitative estimate of drug-likeness (QED) is 0.643. The number of halogens is 3. The maximum absolute atomic E-state index is 13.2. The molecule has 8 nitrogen and oxygen atoms in total. The van der Waals surface area contributed by atoms with Crippen LogP contribution in [-0.2, 0) is 9.59 Å². The second kappa shape index (κ2) is 9.46. The van der Waals surface area contributed by atoms with Gasteiger partial charge < -0.3 is 20.4 Å². The number of rotatable bonds is 5. The molecule has 11 heteroatoms. The molecule has 2 aliphatic heterocycles. The molecule has 0 aromatic rings. The van der Waals surface area contributed by atoms with E-state index < -0.39 is 30.2 Å². The van der Waals surface area contributed by atoms with E-state index >= 15 is 0 Å². The Morgan fingerprint density at radius 2 is 1.71 bits per heavy atom. The van der Waals surface area contributed by atoms with Gasteiger partial charge in [-0.05, 0) is 24.8 Å². The smallest absolute Gasteiger partial charge is 0.368 e. The summed E-state index contributed by atoms with van der Waals surface area (Å²) in [5.41, 5.74) is 4.57. The number of hydrogen-bond donors (Lipinski definition) is 1. The van der Waals surface area contributed by atoms with E-state index in [2.05, 4.69) is 6.58 Å². The minimum Gasteiger partial charge on any atom is -0.368 e. The molecule has 0 aromatic carbocycles. The van der Waals surface area contributed by atoms with Crippen molar-refractivity contribution in [3.05, 3.63) is 12.7 Å². The van der Waals surface area contributed by atoms with Crippen LogP contribution in [0.1, 0.15) is 26.7 Å². The lowest BCUT2D eigenvalue weighted by Gasteiger charge is -2.54. The number of amides is 4. The van der Waals surface area contributed by atoms with E-state index in [4.69, 9.17) is 5.73 Å². The lowest BCUT2D eigenvalue weighted by atomic mass is 9.83. The van der Waals surface area contributed by atoms with E-state index in [0.29, 0.717) is 0 Å². The molecule has 0 aliphatic carbocycles. The number of carbonyl (C=O) groups is 3. The first kappa shape index (κ1) is 25.0. The Labute approximate surface area is 180 Å². The summed E-state index contributed by atoms with van der Waals surface area (Å²) in [4.78, 5) is 42.5. The van der Waals surface area contributed by atoms with Crippen molar-refractivity contribution in [3.63, 3.8) is 0 Å². The molecule has 1 spiro atoms. The summed E-state index contributed by atoms with van der Waals surface area (Å²) in [5, 5.41) is 0. The van der Waals surface area contributed by atoms with Gasteiger partial charge in [-0.1, -0.05) is 20.4 Å². The summed E-state index contributed by atoms with van der Waals surface area (Å²) in [7, 11) is 1.50. The fraction of sp³-hybridized carbons (Fsp3) is 0.750. The monoisotopic (exact) mass is 447 g/mol. The standard InChI is InChI=1S/C20H32F3N5O3/c1-5-15(29)27-10-11-28(13-20(21,22)23)19(12-27)6-8-26(9-7-19)18(31)25(4)16(14(2)3)17(24)30/h5,14,16H,1,6-13H2,2-4H3,(H2,24,30)/t16-/m0/s1. The second-order valence-electron chi connectivity index (χ2n) is 8.70. The van der Waals surface area contributed by atoms with Gasteiger partial charge in [0.2, 0.25) is 11.8 Å². The van der Waals surface area contributed by atoms with Crippen LogP contribution >= 0.6 is 0 Å². The first-order valence-electron chi connectivity index (χ1n) is 10.4. The van der Waals surface area contributed by atoms with Crippen LogP contribution in [0, 0.1) is 5.92 Å². The van der Waals surface area contributed by atoms with Crippen LogP contribution in [0.3, 0.4) is 0 Å². The zero-order valence-corrected chi connectivity index (χ0v) is 18.3. The Bertz CT molecular complexity index is 705. The third-order valence-electron chi connectivity index (χ3n) is 6.26. The Morgan fingerprint density at radius 1 is 1.13 bits per heavy atom. The molecule has 1 atom stereocenters. The number of carbonyl (C=O) groups excluding carboxylic acids is 3. The number of nitrogens with two attached hydrogens (primary N) is 1. The third-order valence-corrected chi connectivity index (χ3v) is 6.26. The Morgan fingerprint density at radius 3 is 2.16 bits per heavy atom. The third kappa shape index (κ3) is 5.69. The van der Waals surface area contributed by atoms with Gasteiger partial charge in [-0.3, -0.25) is 14.5 Å². The van der Waals surface area contributed by atoms with Crippen molar-refractivity contribution in [2.75, 3.05) is 46.3 Å². The van der Waals surface area contributed by atoms with Crippen molar-refractivity contribution >= 4 is 17.8 Å². The van der Waals surface area contributed by atoms with Gasteiger partial charge in [0.05, 0.1) is 6.54 Å². The van der Waals surface area contributed by atoms with Crippen molar-refractivity contribution in [1.29, 1.82) is 0 Å². The van der Waals surface area contributed by atoms with E-state index in [0.717, 1.165) is 6.08 Å². The predicted molar refractivity (Wildman–Crippen MR) is 109 cm³/mol. The summed E-state index contributed by atoms with van der Waals surface area (Å²) in [6.45, 7) is 6.87. The van der Waals surface area contributed by atoms with Crippen LogP contribution in [0.2, 0.25) is 0 Å². The van der Waals surface area contributed by atoms with Crippen LogP contribution < -0.4 is 5.73 Å². The summed E-state index contributed by atoms with van der Waals surface area (Å²) in [6.07, 6.45) is -2.63. The van der Waals surface area contributed by atoms with Crippen LogP contribution in [0.4, 0.5) is 18.0 Å². The summed E-state index contributed by atoms with van der Waals surface area (Å²) in [6, 6.07) is -1.16. The number of urea groups is 1. The van der Waals surface area contributed by atoms with Crippen LogP contribution in [0.25, 0.3) is 0 Å². The molecule has 176 valence electrons. The minimum atomic E-state index is -4.36. The molecule has 2 aliphatic rings. The van der Waals surface area contributed by atoms with Crippen molar-refractivity contribution in [2.45, 2.75) is 44.4 Å². The average molecular weight is 448 g/mol. The largest absolute Gasteiger partial charge is 0.401 e. The molecule has 2 N–H and O–H groups in total. The van der Waals surface area contributed by atoms with Gasteiger partial charge in [0, 0.05) is 45.3 Å². The van der Waals surface area contributed by atoms with E-state index in [1.165, 1.54) is 26.6 Å². The Balaban J connectivity index is 2.17. The highest BCUT2D eigenvalue weighted by Crippen LogP contribution is 2.35. The van der Waals surface area contributed by atoms with Gasteiger partial charge in [-0.25, -0.2) is 4.79 Å². The van der Waals surface area contributed by atoms with E-state index in [9.17, 15) is 27.6 Å². The highest BCUT2D eigenvalue weighted by Gasteiger charge is 2.49. The van der Waals surface area contributed by atoms with Crippen LogP contribution in [-0.4, -0.2) is 102 Å². The number of hydrogen-bond acceptors (Lipinski definition) is 4. The van der Waals surface area contributed by atoms with Gasteiger partial charge >= 0.3 is 12.2 Å². The molecular formula is C20H32F3N5O3. The average Bonchev–Trinajstić information content (AvgIpc) is 2.67. The predicted octanol–water partition coefficient (Wildman–Crippen LogP) is 1.28. The fourth-order valence-electron chi connectivity index (χ4n) is 4.69. The van der Waals surface area contributed by atoms with Gasteiger partial charge in [0.1, 0.15) is 6.04 Å². The SMILES string of the molecule is C=CC(=O)N1CCN(CC(F)(F)F)C2(CCN(C(=O)N(C)[C@H](C(N)=O)C(C)C)CC2)C1. The topological polar surface area (TPSA) is 90.2 Å². The molecule has 2 saturated heterocycles. The number of likely N-dealkylation sites (N-methyl/N-ethyl adjacent to an activating group) is 1. The molecule has 0 radical (unpaired) electrons. The number of alkyl halides is 3.